The molecule has 0 saturated carbocycles. The van der Waals surface area contributed by atoms with Crippen molar-refractivity contribution in [2.75, 3.05) is 32.7 Å². The molecule has 1 aromatic rings. The predicted octanol–water partition coefficient (Wildman–Crippen LogP) is 2.77. The fourth-order valence-corrected chi connectivity index (χ4v) is 2.82. The van der Waals surface area contributed by atoms with Crippen LogP contribution in [-0.4, -0.2) is 49.8 Å². The number of aliphatic imine (C=N–C) groups is 1. The van der Waals surface area contributed by atoms with E-state index in [0.717, 1.165) is 12.0 Å². The average Bonchev–Trinajstić information content (AvgIpc) is 2.97. The molecule has 0 aromatic heterocycles. The van der Waals surface area contributed by atoms with E-state index in [9.17, 15) is 17.6 Å². The van der Waals surface area contributed by atoms with E-state index in [1.165, 1.54) is 17.0 Å². The Kier molecular flexibility index (Phi) is 7.04. The van der Waals surface area contributed by atoms with Crippen LogP contribution in [0.5, 0.6) is 0 Å². The first-order chi connectivity index (χ1) is 11.9. The maximum absolute atomic E-state index is 12.9. The monoisotopic (exact) mass is 360 g/mol. The number of benzene rings is 1. The van der Waals surface area contributed by atoms with Crippen LogP contribution in [0.3, 0.4) is 0 Å². The summed E-state index contributed by atoms with van der Waals surface area (Å²) < 4.78 is 50.2. The Morgan fingerprint density at radius 1 is 1.24 bits per heavy atom. The quantitative estimate of drug-likeness (QED) is 0.466. The highest BCUT2D eigenvalue weighted by Gasteiger charge is 2.34. The van der Waals surface area contributed by atoms with Crippen molar-refractivity contribution in [3.63, 3.8) is 0 Å². The van der Waals surface area contributed by atoms with E-state index in [0.29, 0.717) is 38.7 Å². The lowest BCUT2D eigenvalue weighted by Gasteiger charge is -2.18. The van der Waals surface area contributed by atoms with Crippen LogP contribution in [0.1, 0.15) is 18.9 Å². The Morgan fingerprint density at radius 2 is 1.96 bits per heavy atom. The Bertz CT molecular complexity index is 557. The molecule has 8 heteroatoms. The largest absolute Gasteiger partial charge is 0.401 e. The van der Waals surface area contributed by atoms with Gasteiger partial charge in [-0.1, -0.05) is 12.1 Å². The SMILES string of the molecule is CCNC(=NCc1ccc(F)cc1)NCC1CCN(CC(F)(F)F)C1. The van der Waals surface area contributed by atoms with Crippen LogP contribution in [0.15, 0.2) is 29.3 Å². The molecule has 1 aliphatic rings. The normalized spacial score (nSPS) is 19.2. The fourth-order valence-electron chi connectivity index (χ4n) is 2.82. The van der Waals surface area contributed by atoms with Crippen LogP contribution in [0, 0.1) is 11.7 Å². The number of alkyl halides is 3. The molecular formula is C17H24F4N4. The second-order valence-corrected chi connectivity index (χ2v) is 6.21. The minimum absolute atomic E-state index is 0.164. The Hall–Kier alpha value is -1.83. The molecular weight excluding hydrogens is 336 g/mol. The molecule has 1 aromatic carbocycles. The smallest absolute Gasteiger partial charge is 0.357 e. The van der Waals surface area contributed by atoms with Gasteiger partial charge in [0.15, 0.2) is 5.96 Å². The third-order valence-corrected chi connectivity index (χ3v) is 4.01. The zero-order valence-corrected chi connectivity index (χ0v) is 14.2. The highest BCUT2D eigenvalue weighted by Crippen LogP contribution is 2.22. The van der Waals surface area contributed by atoms with Crippen LogP contribution >= 0.6 is 0 Å². The zero-order chi connectivity index (χ0) is 18.3. The zero-order valence-electron chi connectivity index (χ0n) is 14.2. The first kappa shape index (κ1) is 19.5. The molecule has 25 heavy (non-hydrogen) atoms. The Morgan fingerprint density at radius 3 is 2.60 bits per heavy atom. The molecule has 140 valence electrons. The van der Waals surface area contributed by atoms with Gasteiger partial charge in [0.05, 0.1) is 13.1 Å². The lowest BCUT2D eigenvalue weighted by molar-refractivity contribution is -0.143. The number of nitrogens with zero attached hydrogens (tertiary/aromatic N) is 2. The summed E-state index contributed by atoms with van der Waals surface area (Å²) in [5.74, 6) is 0.487. The van der Waals surface area contributed by atoms with Crippen molar-refractivity contribution >= 4 is 5.96 Å². The third-order valence-electron chi connectivity index (χ3n) is 4.01. The van der Waals surface area contributed by atoms with Gasteiger partial charge in [-0.3, -0.25) is 4.90 Å². The van der Waals surface area contributed by atoms with Crippen molar-refractivity contribution in [1.29, 1.82) is 0 Å². The van der Waals surface area contributed by atoms with Gasteiger partial charge in [0.25, 0.3) is 0 Å². The summed E-state index contributed by atoms with van der Waals surface area (Å²) in [6.07, 6.45) is -3.41. The van der Waals surface area contributed by atoms with Crippen molar-refractivity contribution in [2.24, 2.45) is 10.9 Å². The molecule has 0 radical (unpaired) electrons. The standard InChI is InChI=1S/C17H24F4N4/c1-2-22-16(23-9-13-3-5-15(18)6-4-13)24-10-14-7-8-25(11-14)12-17(19,20)21/h3-6,14H,2,7-12H2,1H3,(H2,22,23,24). The summed E-state index contributed by atoms with van der Waals surface area (Å²) in [7, 11) is 0. The average molecular weight is 360 g/mol. The van der Waals surface area contributed by atoms with E-state index in [1.54, 1.807) is 12.1 Å². The summed E-state index contributed by atoms with van der Waals surface area (Å²) in [5.41, 5.74) is 0.885. The van der Waals surface area contributed by atoms with Crippen molar-refractivity contribution in [3.8, 4) is 0 Å². The van der Waals surface area contributed by atoms with Gasteiger partial charge in [-0.15, -0.1) is 0 Å². The van der Waals surface area contributed by atoms with Gasteiger partial charge in [0.2, 0.25) is 0 Å². The third kappa shape index (κ3) is 7.29. The highest BCUT2D eigenvalue weighted by atomic mass is 19.4. The second-order valence-electron chi connectivity index (χ2n) is 6.21. The Balaban J connectivity index is 1.81. The van der Waals surface area contributed by atoms with Gasteiger partial charge >= 0.3 is 6.18 Å². The van der Waals surface area contributed by atoms with Crippen LogP contribution in [-0.2, 0) is 6.54 Å². The topological polar surface area (TPSA) is 39.7 Å². The van der Waals surface area contributed by atoms with Crippen LogP contribution in [0.4, 0.5) is 17.6 Å². The fraction of sp³-hybridized carbons (Fsp3) is 0.588. The molecule has 1 unspecified atom stereocenters. The number of hydrogen-bond donors (Lipinski definition) is 2. The van der Waals surface area contributed by atoms with Crippen molar-refractivity contribution < 1.29 is 17.6 Å². The summed E-state index contributed by atoms with van der Waals surface area (Å²) in [6, 6.07) is 6.13. The lowest BCUT2D eigenvalue weighted by atomic mass is 10.1. The minimum Gasteiger partial charge on any atom is -0.357 e. The maximum Gasteiger partial charge on any atom is 0.401 e. The van der Waals surface area contributed by atoms with E-state index in [4.69, 9.17) is 0 Å². The van der Waals surface area contributed by atoms with Crippen LogP contribution < -0.4 is 10.6 Å². The van der Waals surface area contributed by atoms with E-state index in [2.05, 4.69) is 15.6 Å². The number of halogens is 4. The molecule has 2 rings (SSSR count). The molecule has 1 heterocycles. The molecule has 0 bridgehead atoms. The molecule has 1 saturated heterocycles. The van der Waals surface area contributed by atoms with E-state index in [1.807, 2.05) is 6.92 Å². The number of nitrogens with one attached hydrogen (secondary N) is 2. The van der Waals surface area contributed by atoms with Crippen molar-refractivity contribution in [2.45, 2.75) is 26.1 Å². The number of rotatable bonds is 6. The number of guanidine groups is 1. The molecule has 1 aliphatic heterocycles. The van der Waals surface area contributed by atoms with Gasteiger partial charge in [-0.25, -0.2) is 9.38 Å². The highest BCUT2D eigenvalue weighted by molar-refractivity contribution is 5.79. The molecule has 4 nitrogen and oxygen atoms in total. The van der Waals surface area contributed by atoms with E-state index in [-0.39, 0.29) is 11.7 Å². The lowest BCUT2D eigenvalue weighted by Crippen LogP contribution is -2.40. The summed E-state index contributed by atoms with van der Waals surface area (Å²) in [4.78, 5) is 5.87. The van der Waals surface area contributed by atoms with Crippen molar-refractivity contribution in [1.82, 2.24) is 15.5 Å². The molecule has 0 amide bonds. The van der Waals surface area contributed by atoms with Gasteiger partial charge < -0.3 is 10.6 Å². The minimum atomic E-state index is -4.14. The first-order valence-electron chi connectivity index (χ1n) is 8.41. The summed E-state index contributed by atoms with van der Waals surface area (Å²) in [6.45, 7) is 3.65. The van der Waals surface area contributed by atoms with Gasteiger partial charge in [0, 0.05) is 19.6 Å². The second kappa shape index (κ2) is 9.03. The van der Waals surface area contributed by atoms with Gasteiger partial charge in [-0.05, 0) is 43.5 Å². The Labute approximate surface area is 145 Å². The van der Waals surface area contributed by atoms with Gasteiger partial charge in [0.1, 0.15) is 5.82 Å². The number of hydrogen-bond acceptors (Lipinski definition) is 2. The van der Waals surface area contributed by atoms with Crippen molar-refractivity contribution in [3.05, 3.63) is 35.6 Å². The summed E-state index contributed by atoms with van der Waals surface area (Å²) in [5, 5.41) is 6.29. The molecule has 1 atom stereocenters. The molecule has 0 aliphatic carbocycles. The maximum atomic E-state index is 12.9. The predicted molar refractivity (Wildman–Crippen MR) is 89.8 cm³/mol. The van der Waals surface area contributed by atoms with Crippen LogP contribution in [0.2, 0.25) is 0 Å². The molecule has 0 spiro atoms. The van der Waals surface area contributed by atoms with E-state index < -0.39 is 12.7 Å². The molecule has 2 N–H and O–H groups in total. The molecule has 1 fully saturated rings. The van der Waals surface area contributed by atoms with Gasteiger partial charge in [-0.2, -0.15) is 13.2 Å². The number of likely N-dealkylation sites (tertiary alicyclic amines) is 1. The van der Waals surface area contributed by atoms with E-state index >= 15 is 0 Å². The van der Waals surface area contributed by atoms with Crippen LogP contribution in [0.25, 0.3) is 0 Å². The first-order valence-corrected chi connectivity index (χ1v) is 8.41. The summed E-state index contributed by atoms with van der Waals surface area (Å²) >= 11 is 0.